The van der Waals surface area contributed by atoms with Crippen molar-refractivity contribution in [1.82, 2.24) is 4.31 Å². The molecule has 0 aromatic heterocycles. The Balaban J connectivity index is 1.74. The summed E-state index contributed by atoms with van der Waals surface area (Å²) in [5.41, 5.74) is 0.775. The molecule has 0 aliphatic carbocycles. The summed E-state index contributed by atoms with van der Waals surface area (Å²) in [6.45, 7) is 3.14. The largest absolute Gasteiger partial charge is 0.322 e. The summed E-state index contributed by atoms with van der Waals surface area (Å²) >= 11 is 11.9. The van der Waals surface area contributed by atoms with Crippen LogP contribution in [0.3, 0.4) is 0 Å². The van der Waals surface area contributed by atoms with Crippen LogP contribution in [0, 0.1) is 5.92 Å². The molecule has 3 rings (SSSR count). The van der Waals surface area contributed by atoms with Crippen molar-refractivity contribution in [2.24, 2.45) is 5.92 Å². The Morgan fingerprint density at radius 2 is 1.85 bits per heavy atom. The van der Waals surface area contributed by atoms with E-state index in [2.05, 4.69) is 12.2 Å². The lowest BCUT2D eigenvalue weighted by Gasteiger charge is -2.30. The van der Waals surface area contributed by atoms with Crippen LogP contribution in [0.25, 0.3) is 0 Å². The number of halogens is 2. The second kappa shape index (κ2) is 8.19. The van der Waals surface area contributed by atoms with Crippen molar-refractivity contribution in [2.75, 3.05) is 18.4 Å². The molecule has 27 heavy (non-hydrogen) atoms. The van der Waals surface area contributed by atoms with Crippen LogP contribution < -0.4 is 5.32 Å². The fourth-order valence-corrected chi connectivity index (χ4v) is 5.19. The fraction of sp³-hybridized carbons (Fsp3) is 0.316. The first kappa shape index (κ1) is 20.1. The highest BCUT2D eigenvalue weighted by molar-refractivity contribution is 7.89. The van der Waals surface area contributed by atoms with Crippen molar-refractivity contribution in [3.63, 3.8) is 0 Å². The van der Waals surface area contributed by atoms with E-state index in [4.69, 9.17) is 23.2 Å². The van der Waals surface area contributed by atoms with E-state index < -0.39 is 15.9 Å². The number of amides is 1. The number of piperidine rings is 1. The summed E-state index contributed by atoms with van der Waals surface area (Å²) in [5.74, 6) is -0.0339. The molecule has 1 heterocycles. The maximum atomic E-state index is 12.8. The third kappa shape index (κ3) is 4.63. The molecule has 0 bridgehead atoms. The highest BCUT2D eigenvalue weighted by Gasteiger charge is 2.28. The Kier molecular flexibility index (Phi) is 6.11. The maximum Gasteiger partial charge on any atom is 0.257 e. The number of benzene rings is 2. The number of nitrogens with zero attached hydrogens (tertiary/aromatic N) is 1. The zero-order valence-corrected chi connectivity index (χ0v) is 17.1. The molecule has 1 aliphatic rings. The predicted octanol–water partition coefficient (Wildman–Crippen LogP) is 4.67. The zero-order valence-electron chi connectivity index (χ0n) is 14.8. The number of carbonyl (C=O) groups is 1. The van der Waals surface area contributed by atoms with Gasteiger partial charge >= 0.3 is 0 Å². The summed E-state index contributed by atoms with van der Waals surface area (Å²) in [6, 6.07) is 10.8. The van der Waals surface area contributed by atoms with Gasteiger partial charge in [0, 0.05) is 23.8 Å². The quantitative estimate of drug-likeness (QED) is 0.772. The molecule has 1 amide bonds. The van der Waals surface area contributed by atoms with Crippen LogP contribution in [-0.4, -0.2) is 31.7 Å². The van der Waals surface area contributed by atoms with Gasteiger partial charge in [0.1, 0.15) is 0 Å². The monoisotopic (exact) mass is 426 g/mol. The Labute approximate surface area is 169 Å². The molecule has 0 spiro atoms. The SMILES string of the molecule is CC1CCCN(S(=O)(=O)c2ccc(NC(=O)c3ccc(Cl)cc3Cl)cc2)C1. The normalized spacial score (nSPS) is 18.3. The topological polar surface area (TPSA) is 66.5 Å². The van der Waals surface area contributed by atoms with Gasteiger partial charge < -0.3 is 5.32 Å². The summed E-state index contributed by atoms with van der Waals surface area (Å²) in [5, 5.41) is 3.40. The van der Waals surface area contributed by atoms with Crippen molar-refractivity contribution < 1.29 is 13.2 Å². The standard InChI is InChI=1S/C19H20Cl2N2O3S/c1-13-3-2-10-23(12-13)27(25,26)16-7-5-15(6-8-16)22-19(24)17-9-4-14(20)11-18(17)21/h4-9,11,13H,2-3,10,12H2,1H3,(H,22,24). The minimum absolute atomic E-state index is 0.221. The van der Waals surface area contributed by atoms with E-state index in [1.165, 1.54) is 28.6 Å². The van der Waals surface area contributed by atoms with Gasteiger partial charge in [0.25, 0.3) is 5.91 Å². The summed E-state index contributed by atoms with van der Waals surface area (Å²) in [4.78, 5) is 12.6. The van der Waals surface area contributed by atoms with E-state index in [0.29, 0.717) is 35.3 Å². The first-order valence-electron chi connectivity index (χ1n) is 8.64. The molecular weight excluding hydrogens is 407 g/mol. The Morgan fingerprint density at radius 1 is 1.15 bits per heavy atom. The molecule has 2 aromatic carbocycles. The molecule has 1 saturated heterocycles. The van der Waals surface area contributed by atoms with Crippen LogP contribution in [0.2, 0.25) is 10.0 Å². The molecule has 2 aromatic rings. The first-order chi connectivity index (χ1) is 12.8. The highest BCUT2D eigenvalue weighted by Crippen LogP contribution is 2.25. The van der Waals surface area contributed by atoms with Crippen LogP contribution in [-0.2, 0) is 10.0 Å². The fourth-order valence-electron chi connectivity index (χ4n) is 3.10. The van der Waals surface area contributed by atoms with E-state index in [1.807, 2.05) is 0 Å². The number of hydrogen-bond acceptors (Lipinski definition) is 3. The van der Waals surface area contributed by atoms with Crippen molar-refractivity contribution in [2.45, 2.75) is 24.7 Å². The number of hydrogen-bond donors (Lipinski definition) is 1. The van der Waals surface area contributed by atoms with Gasteiger partial charge in [-0.1, -0.05) is 30.1 Å². The second-order valence-electron chi connectivity index (χ2n) is 6.71. The van der Waals surface area contributed by atoms with Crippen LogP contribution >= 0.6 is 23.2 Å². The lowest BCUT2D eigenvalue weighted by Crippen LogP contribution is -2.39. The van der Waals surface area contributed by atoms with Gasteiger partial charge in [-0.25, -0.2) is 8.42 Å². The van der Waals surface area contributed by atoms with Crippen molar-refractivity contribution in [1.29, 1.82) is 0 Å². The molecule has 1 aliphatic heterocycles. The summed E-state index contributed by atoms with van der Waals surface area (Å²) < 4.78 is 27.1. The van der Waals surface area contributed by atoms with E-state index >= 15 is 0 Å². The summed E-state index contributed by atoms with van der Waals surface area (Å²) in [7, 11) is -3.52. The third-order valence-electron chi connectivity index (χ3n) is 4.55. The van der Waals surface area contributed by atoms with Crippen molar-refractivity contribution in [3.05, 3.63) is 58.1 Å². The van der Waals surface area contributed by atoms with Crippen LogP contribution in [0.5, 0.6) is 0 Å². The van der Waals surface area contributed by atoms with Gasteiger partial charge in [-0.3, -0.25) is 4.79 Å². The summed E-state index contributed by atoms with van der Waals surface area (Å²) in [6.07, 6.45) is 1.92. The third-order valence-corrected chi connectivity index (χ3v) is 6.97. The number of carbonyl (C=O) groups excluding carboxylic acids is 1. The Hall–Kier alpha value is -1.60. The first-order valence-corrected chi connectivity index (χ1v) is 10.8. The molecular formula is C19H20Cl2N2O3S. The van der Waals surface area contributed by atoms with E-state index in [9.17, 15) is 13.2 Å². The van der Waals surface area contributed by atoms with Gasteiger partial charge in [0.15, 0.2) is 0 Å². The number of anilines is 1. The smallest absolute Gasteiger partial charge is 0.257 e. The van der Waals surface area contributed by atoms with Crippen molar-refractivity contribution >= 4 is 44.8 Å². The van der Waals surface area contributed by atoms with Gasteiger partial charge in [-0.15, -0.1) is 0 Å². The van der Waals surface area contributed by atoms with Crippen molar-refractivity contribution in [3.8, 4) is 0 Å². The predicted molar refractivity (Wildman–Crippen MR) is 108 cm³/mol. The minimum Gasteiger partial charge on any atom is -0.322 e. The van der Waals surface area contributed by atoms with Gasteiger partial charge in [-0.2, -0.15) is 4.31 Å². The average Bonchev–Trinajstić information content (AvgIpc) is 2.62. The van der Waals surface area contributed by atoms with Gasteiger partial charge in [0.2, 0.25) is 10.0 Å². The highest BCUT2D eigenvalue weighted by atomic mass is 35.5. The Morgan fingerprint density at radius 3 is 2.48 bits per heavy atom. The average molecular weight is 427 g/mol. The van der Waals surface area contributed by atoms with Crippen LogP contribution in [0.1, 0.15) is 30.1 Å². The molecule has 1 fully saturated rings. The molecule has 5 nitrogen and oxygen atoms in total. The zero-order chi connectivity index (χ0) is 19.6. The maximum absolute atomic E-state index is 12.8. The number of nitrogens with one attached hydrogen (secondary N) is 1. The minimum atomic E-state index is -3.52. The lowest BCUT2D eigenvalue weighted by atomic mass is 10.0. The second-order valence-corrected chi connectivity index (χ2v) is 9.49. The Bertz CT molecular complexity index is 946. The molecule has 0 saturated carbocycles. The number of sulfonamides is 1. The van der Waals surface area contributed by atoms with Gasteiger partial charge in [-0.05, 0) is 61.2 Å². The van der Waals surface area contributed by atoms with E-state index in [0.717, 1.165) is 12.8 Å². The lowest BCUT2D eigenvalue weighted by molar-refractivity contribution is 0.102. The molecule has 1 atom stereocenters. The molecule has 1 unspecified atom stereocenters. The van der Waals surface area contributed by atoms with E-state index in [1.54, 1.807) is 18.2 Å². The number of rotatable bonds is 4. The van der Waals surface area contributed by atoms with Crippen LogP contribution in [0.4, 0.5) is 5.69 Å². The molecule has 8 heteroatoms. The van der Waals surface area contributed by atoms with Crippen LogP contribution in [0.15, 0.2) is 47.4 Å². The van der Waals surface area contributed by atoms with E-state index in [-0.39, 0.29) is 9.92 Å². The molecule has 1 N–H and O–H groups in total. The van der Waals surface area contributed by atoms with Gasteiger partial charge in [0.05, 0.1) is 15.5 Å². The molecule has 0 radical (unpaired) electrons. The molecule has 144 valence electrons.